The summed E-state index contributed by atoms with van der Waals surface area (Å²) in [5.41, 5.74) is -4.84. The monoisotopic (exact) mass is 606 g/mol. The summed E-state index contributed by atoms with van der Waals surface area (Å²) in [6.45, 7) is 8.92. The molecule has 2 bridgehead atoms. The van der Waals surface area contributed by atoms with Crippen molar-refractivity contribution in [1.82, 2.24) is 0 Å². The number of methoxy groups -OCH3 is 1. The molecule has 0 aromatic rings. The molecular formula is C30H38O13. The number of rotatable bonds is 5. The lowest BCUT2D eigenvalue weighted by atomic mass is 9.39. The smallest absolute Gasteiger partial charge is 0.348 e. The Morgan fingerprint density at radius 3 is 2.35 bits per heavy atom. The largest absolute Gasteiger partial charge is 0.467 e. The minimum absolute atomic E-state index is 0.0409. The Morgan fingerprint density at radius 1 is 1.09 bits per heavy atom. The number of fused-ring (bicyclic) bond motifs is 2. The van der Waals surface area contributed by atoms with Crippen LogP contribution in [-0.2, 0) is 47.7 Å². The molecule has 10 atom stereocenters. The van der Waals surface area contributed by atoms with E-state index in [9.17, 15) is 39.3 Å². The third kappa shape index (κ3) is 4.08. The van der Waals surface area contributed by atoms with Gasteiger partial charge in [-0.05, 0) is 50.7 Å². The first kappa shape index (κ1) is 31.3. The average Bonchev–Trinajstić information content (AvgIpc) is 3.21. The molecule has 5 aliphatic rings. The zero-order chi connectivity index (χ0) is 32.0. The predicted octanol–water partition coefficient (Wildman–Crippen LogP) is 0.0680. The van der Waals surface area contributed by atoms with E-state index in [-0.39, 0.29) is 25.0 Å². The summed E-state index contributed by atoms with van der Waals surface area (Å²) in [5, 5.41) is 34.1. The number of hydrogen-bond donors (Lipinski definition) is 3. The Bertz CT molecular complexity index is 1360. The zero-order valence-corrected chi connectivity index (χ0v) is 25.2. The minimum atomic E-state index is -2.31. The van der Waals surface area contributed by atoms with Crippen molar-refractivity contribution < 1.29 is 63.0 Å². The second-order valence-electron chi connectivity index (χ2n) is 13.1. The van der Waals surface area contributed by atoms with Gasteiger partial charge in [-0.2, -0.15) is 0 Å². The molecular weight excluding hydrogens is 568 g/mol. The molecule has 13 heteroatoms. The van der Waals surface area contributed by atoms with Gasteiger partial charge < -0.3 is 39.0 Å². The molecule has 236 valence electrons. The van der Waals surface area contributed by atoms with E-state index < -0.39 is 94.0 Å². The Kier molecular flexibility index (Phi) is 7.24. The van der Waals surface area contributed by atoms with Crippen molar-refractivity contribution in [3.05, 3.63) is 22.8 Å². The van der Waals surface area contributed by atoms with Gasteiger partial charge in [0.15, 0.2) is 5.78 Å². The van der Waals surface area contributed by atoms with Gasteiger partial charge in [-0.3, -0.25) is 9.59 Å². The predicted molar refractivity (Wildman–Crippen MR) is 143 cm³/mol. The molecule has 43 heavy (non-hydrogen) atoms. The molecule has 2 heterocycles. The number of carbonyl (C=O) groups excluding carboxylic acids is 5. The fourth-order valence-corrected chi connectivity index (χ4v) is 8.65. The Morgan fingerprint density at radius 2 is 1.74 bits per heavy atom. The van der Waals surface area contributed by atoms with Gasteiger partial charge in [0.05, 0.1) is 25.7 Å². The first-order valence-electron chi connectivity index (χ1n) is 14.2. The Balaban J connectivity index is 1.65. The van der Waals surface area contributed by atoms with Crippen LogP contribution in [0.15, 0.2) is 22.8 Å². The molecule has 0 aromatic carbocycles. The van der Waals surface area contributed by atoms with E-state index in [4.69, 9.17) is 23.7 Å². The normalized spacial score (nSPS) is 42.0. The second kappa shape index (κ2) is 9.94. The van der Waals surface area contributed by atoms with Crippen LogP contribution in [-0.4, -0.2) is 100 Å². The summed E-state index contributed by atoms with van der Waals surface area (Å²) < 4.78 is 28.0. The van der Waals surface area contributed by atoms with Crippen LogP contribution < -0.4 is 0 Å². The summed E-state index contributed by atoms with van der Waals surface area (Å²) in [4.78, 5) is 64.7. The van der Waals surface area contributed by atoms with Gasteiger partial charge in [-0.15, -0.1) is 0 Å². The average molecular weight is 607 g/mol. The summed E-state index contributed by atoms with van der Waals surface area (Å²) in [7, 11) is 1.06. The summed E-state index contributed by atoms with van der Waals surface area (Å²) >= 11 is 0. The number of hydrogen-bond acceptors (Lipinski definition) is 13. The van der Waals surface area contributed by atoms with Crippen molar-refractivity contribution in [3.8, 4) is 0 Å². The van der Waals surface area contributed by atoms with Crippen LogP contribution in [0.2, 0.25) is 0 Å². The highest BCUT2D eigenvalue weighted by molar-refractivity contribution is 6.00. The molecule has 0 unspecified atom stereocenters. The van der Waals surface area contributed by atoms with Gasteiger partial charge in [0.25, 0.3) is 0 Å². The van der Waals surface area contributed by atoms with Crippen molar-refractivity contribution in [2.24, 2.45) is 22.7 Å². The molecule has 4 fully saturated rings. The minimum Gasteiger partial charge on any atom is -0.467 e. The van der Waals surface area contributed by atoms with Crippen LogP contribution in [0.3, 0.4) is 0 Å². The van der Waals surface area contributed by atoms with E-state index in [0.29, 0.717) is 11.1 Å². The second-order valence-corrected chi connectivity index (χ2v) is 13.1. The van der Waals surface area contributed by atoms with E-state index in [1.165, 1.54) is 13.8 Å². The lowest BCUT2D eigenvalue weighted by Gasteiger charge is -2.66. The third-order valence-electron chi connectivity index (χ3n) is 10.6. The highest BCUT2D eigenvalue weighted by Gasteiger charge is 2.84. The molecule has 2 saturated carbocycles. The number of ether oxygens (including phenoxy) is 5. The third-order valence-corrected chi connectivity index (χ3v) is 10.6. The Labute approximate surface area is 248 Å². The molecule has 2 saturated heterocycles. The van der Waals surface area contributed by atoms with Crippen LogP contribution >= 0.6 is 0 Å². The number of aliphatic hydroxyl groups excluding tert-OH is 3. The number of ketones is 1. The molecule has 13 nitrogen and oxygen atoms in total. The maximum atomic E-state index is 13.6. The molecule has 0 aromatic heterocycles. The molecule has 3 N–H and O–H groups in total. The van der Waals surface area contributed by atoms with Crippen molar-refractivity contribution in [3.63, 3.8) is 0 Å². The van der Waals surface area contributed by atoms with Gasteiger partial charge in [-0.25, -0.2) is 14.4 Å². The highest BCUT2D eigenvalue weighted by Crippen LogP contribution is 2.72. The number of carbonyl (C=O) groups is 5. The van der Waals surface area contributed by atoms with Crippen LogP contribution in [0.25, 0.3) is 0 Å². The van der Waals surface area contributed by atoms with Gasteiger partial charge in [0, 0.05) is 30.8 Å². The van der Waals surface area contributed by atoms with Crippen LogP contribution in [0, 0.1) is 22.7 Å². The van der Waals surface area contributed by atoms with E-state index in [1.54, 1.807) is 27.7 Å². The SMILES string of the molecule is COC(=O)[C@@]12OC[C@@]34[C@@H](CC5=C(C)C(=O)[C@H](O)C[C@]5(C)[C@H]3[C@@H](O)[C@@H]1O)OC(=O)[C@H](OC(=O)/C=C(\C)C(C)(C)OC(C)=O)[C@@H]24. The fraction of sp³-hybridized carbons (Fsp3) is 0.700. The lowest BCUT2D eigenvalue weighted by molar-refractivity contribution is -0.277. The summed E-state index contributed by atoms with van der Waals surface area (Å²) in [6, 6.07) is 0. The van der Waals surface area contributed by atoms with Crippen LogP contribution in [0.4, 0.5) is 0 Å². The molecule has 2 aliphatic heterocycles. The molecule has 1 spiro atoms. The molecule has 5 rings (SSSR count). The first-order chi connectivity index (χ1) is 19.9. The van der Waals surface area contributed by atoms with E-state index in [1.807, 2.05) is 0 Å². The highest BCUT2D eigenvalue weighted by atomic mass is 16.6. The van der Waals surface area contributed by atoms with E-state index in [0.717, 1.165) is 13.2 Å². The van der Waals surface area contributed by atoms with Crippen LogP contribution in [0.1, 0.15) is 54.4 Å². The quantitative estimate of drug-likeness (QED) is 0.217. The standard InChI is InChI=1S/C30H38O13/c1-12(27(4,5)43-14(3)31)8-18(33)42-21-23-29-11-40-30(23,26(38)39-7)24(36)20(35)22(29)28(6)10-16(32)19(34)13(2)15(28)9-17(29)41-25(21)37/h8,16-17,20-24,32,35-36H,9-11H2,1-7H3/b12-8+/t16-,17-,20-,21-,22-,23-,24+,28+,29-,30+/m1/s1. The number of aliphatic hydroxyl groups is 3. The molecule has 0 amide bonds. The lowest BCUT2D eigenvalue weighted by Crippen LogP contribution is -2.78. The zero-order valence-electron chi connectivity index (χ0n) is 25.2. The Hall–Kier alpha value is -3.13. The fourth-order valence-electron chi connectivity index (χ4n) is 8.65. The number of Topliss-reactive ketones (excluding diaryl/α,β-unsaturated/α-hetero) is 1. The maximum absolute atomic E-state index is 13.6. The van der Waals surface area contributed by atoms with Gasteiger partial charge >= 0.3 is 23.9 Å². The summed E-state index contributed by atoms with van der Waals surface area (Å²) in [6.07, 6.45) is -6.77. The van der Waals surface area contributed by atoms with Crippen molar-refractivity contribution in [2.45, 2.75) is 96.1 Å². The van der Waals surface area contributed by atoms with Crippen molar-refractivity contribution in [2.75, 3.05) is 13.7 Å². The molecule has 0 radical (unpaired) electrons. The van der Waals surface area contributed by atoms with Gasteiger partial charge in [0.1, 0.15) is 23.9 Å². The van der Waals surface area contributed by atoms with Crippen LogP contribution in [0.5, 0.6) is 0 Å². The van der Waals surface area contributed by atoms with Gasteiger partial charge in [0.2, 0.25) is 11.7 Å². The first-order valence-corrected chi connectivity index (χ1v) is 14.2. The van der Waals surface area contributed by atoms with E-state index in [2.05, 4.69) is 0 Å². The van der Waals surface area contributed by atoms with E-state index >= 15 is 0 Å². The van der Waals surface area contributed by atoms with Crippen molar-refractivity contribution >= 4 is 29.7 Å². The van der Waals surface area contributed by atoms with Crippen molar-refractivity contribution in [1.29, 1.82) is 0 Å². The summed E-state index contributed by atoms with van der Waals surface area (Å²) in [5.74, 6) is -6.51. The number of esters is 4. The molecule has 3 aliphatic carbocycles. The topological polar surface area (TPSA) is 192 Å². The maximum Gasteiger partial charge on any atom is 0.348 e. The van der Waals surface area contributed by atoms with Gasteiger partial charge in [-0.1, -0.05) is 12.5 Å².